The average molecular weight is 296 g/mol. The summed E-state index contributed by atoms with van der Waals surface area (Å²) in [5, 5.41) is 1.10. The van der Waals surface area contributed by atoms with Gasteiger partial charge in [0.05, 0.1) is 5.52 Å². The molecule has 0 aliphatic heterocycles. The summed E-state index contributed by atoms with van der Waals surface area (Å²) in [6.45, 7) is 5.99. The van der Waals surface area contributed by atoms with Crippen LogP contribution in [0, 0.1) is 6.92 Å². The van der Waals surface area contributed by atoms with Gasteiger partial charge in [-0.15, -0.1) is 0 Å². The van der Waals surface area contributed by atoms with Crippen molar-refractivity contribution in [3.05, 3.63) is 36.2 Å². The predicted molar refractivity (Wildman–Crippen MR) is 93.0 cm³/mol. The summed E-state index contributed by atoms with van der Waals surface area (Å²) in [4.78, 5) is 11.3. The van der Waals surface area contributed by atoms with Crippen LogP contribution < -0.4 is 10.6 Å². The second-order valence-electron chi connectivity index (χ2n) is 6.31. The Hall–Kier alpha value is -1.94. The quantitative estimate of drug-likeness (QED) is 0.944. The topological polar surface area (TPSA) is 55.0 Å². The van der Waals surface area contributed by atoms with Crippen molar-refractivity contribution in [2.75, 3.05) is 11.9 Å². The molecule has 0 radical (unpaired) electrons. The Kier molecular flexibility index (Phi) is 4.12. The van der Waals surface area contributed by atoms with E-state index in [4.69, 9.17) is 5.73 Å². The fraction of sp³-hybridized carbons (Fsp3) is 0.444. The van der Waals surface area contributed by atoms with E-state index in [1.54, 1.807) is 6.33 Å². The van der Waals surface area contributed by atoms with E-state index in [1.165, 1.54) is 5.56 Å². The molecule has 0 amide bonds. The van der Waals surface area contributed by atoms with Crippen molar-refractivity contribution < 1.29 is 0 Å². The van der Waals surface area contributed by atoms with E-state index in [0.717, 1.165) is 48.0 Å². The van der Waals surface area contributed by atoms with E-state index in [9.17, 15) is 0 Å². The molecule has 1 aliphatic carbocycles. The van der Waals surface area contributed by atoms with Crippen molar-refractivity contribution in [2.24, 2.45) is 5.73 Å². The van der Waals surface area contributed by atoms with Gasteiger partial charge in [0.2, 0.25) is 0 Å². The third kappa shape index (κ3) is 2.71. The van der Waals surface area contributed by atoms with E-state index < -0.39 is 0 Å². The Morgan fingerprint density at radius 1 is 1.23 bits per heavy atom. The Morgan fingerprint density at radius 3 is 2.64 bits per heavy atom. The highest BCUT2D eigenvalue weighted by molar-refractivity contribution is 5.91. The molecule has 2 N–H and O–H groups in total. The van der Waals surface area contributed by atoms with Gasteiger partial charge in [0, 0.05) is 24.5 Å². The van der Waals surface area contributed by atoms with E-state index in [2.05, 4.69) is 47.6 Å². The number of hydrogen-bond acceptors (Lipinski definition) is 4. The first-order chi connectivity index (χ1) is 10.6. The fourth-order valence-corrected chi connectivity index (χ4v) is 3.37. The minimum atomic E-state index is 0.363. The zero-order chi connectivity index (χ0) is 15.7. The minimum absolute atomic E-state index is 0.363. The Bertz CT molecular complexity index is 687. The minimum Gasteiger partial charge on any atom is -0.356 e. The van der Waals surface area contributed by atoms with Crippen LogP contribution >= 0.6 is 0 Å². The Labute approximate surface area is 132 Å². The number of aryl methyl sites for hydroxylation is 1. The molecule has 1 heterocycles. The standard InChI is InChI=1S/C18H24N4/c1-4-13-10-16-17(9-12(13)2)20-11-21-18(16)22(3)15-7-5-14(19)6-8-15/h4,9-11,14-15H,1,5-8,19H2,2-3H3. The monoisotopic (exact) mass is 296 g/mol. The predicted octanol–water partition coefficient (Wildman–Crippen LogP) is 3.29. The second kappa shape index (κ2) is 6.05. The third-order valence-corrected chi connectivity index (χ3v) is 4.85. The van der Waals surface area contributed by atoms with Gasteiger partial charge in [0.1, 0.15) is 12.1 Å². The Balaban J connectivity index is 2.00. The largest absolute Gasteiger partial charge is 0.356 e. The molecule has 1 fully saturated rings. The van der Waals surface area contributed by atoms with Crippen LogP contribution in [-0.4, -0.2) is 29.1 Å². The lowest BCUT2D eigenvalue weighted by molar-refractivity contribution is 0.384. The van der Waals surface area contributed by atoms with Gasteiger partial charge in [-0.05, 0) is 55.9 Å². The van der Waals surface area contributed by atoms with Crippen LogP contribution in [-0.2, 0) is 0 Å². The molecular formula is C18H24N4. The van der Waals surface area contributed by atoms with Gasteiger partial charge in [-0.1, -0.05) is 12.7 Å². The normalized spacial score (nSPS) is 21.8. The highest BCUT2D eigenvalue weighted by Gasteiger charge is 2.24. The van der Waals surface area contributed by atoms with Crippen molar-refractivity contribution >= 4 is 22.8 Å². The number of hydrogen-bond donors (Lipinski definition) is 1. The lowest BCUT2D eigenvalue weighted by Crippen LogP contribution is -2.39. The number of nitrogens with two attached hydrogens (primary N) is 1. The van der Waals surface area contributed by atoms with Crippen molar-refractivity contribution in [2.45, 2.75) is 44.7 Å². The maximum Gasteiger partial charge on any atom is 0.139 e. The van der Waals surface area contributed by atoms with Crippen LogP contribution in [0.3, 0.4) is 0 Å². The van der Waals surface area contributed by atoms with Gasteiger partial charge in [-0.25, -0.2) is 9.97 Å². The first-order valence-electron chi connectivity index (χ1n) is 7.96. The zero-order valence-corrected chi connectivity index (χ0v) is 13.4. The van der Waals surface area contributed by atoms with Crippen LogP contribution in [0.5, 0.6) is 0 Å². The molecule has 0 unspecified atom stereocenters. The highest BCUT2D eigenvalue weighted by atomic mass is 15.2. The summed E-state index contributed by atoms with van der Waals surface area (Å²) in [6, 6.07) is 5.13. The summed E-state index contributed by atoms with van der Waals surface area (Å²) in [7, 11) is 2.14. The third-order valence-electron chi connectivity index (χ3n) is 4.85. The van der Waals surface area contributed by atoms with Crippen LogP contribution in [0.25, 0.3) is 17.0 Å². The number of rotatable bonds is 3. The van der Waals surface area contributed by atoms with E-state index in [1.807, 2.05) is 6.08 Å². The van der Waals surface area contributed by atoms with Crippen molar-refractivity contribution in [1.29, 1.82) is 0 Å². The summed E-state index contributed by atoms with van der Waals surface area (Å²) in [5.74, 6) is 1.01. The van der Waals surface area contributed by atoms with Gasteiger partial charge < -0.3 is 10.6 Å². The SMILES string of the molecule is C=Cc1cc2c(N(C)C3CCC(N)CC3)ncnc2cc1C. The van der Waals surface area contributed by atoms with Gasteiger partial charge in [-0.2, -0.15) is 0 Å². The van der Waals surface area contributed by atoms with Gasteiger partial charge in [-0.3, -0.25) is 0 Å². The summed E-state index contributed by atoms with van der Waals surface area (Å²) >= 11 is 0. The van der Waals surface area contributed by atoms with Gasteiger partial charge >= 0.3 is 0 Å². The molecule has 1 aromatic heterocycles. The maximum absolute atomic E-state index is 6.03. The fourth-order valence-electron chi connectivity index (χ4n) is 3.37. The molecule has 4 heteroatoms. The molecule has 0 bridgehead atoms. The van der Waals surface area contributed by atoms with Crippen molar-refractivity contribution in [1.82, 2.24) is 9.97 Å². The number of anilines is 1. The summed E-state index contributed by atoms with van der Waals surface area (Å²) in [6.07, 6.45) is 8.00. The van der Waals surface area contributed by atoms with E-state index in [-0.39, 0.29) is 0 Å². The van der Waals surface area contributed by atoms with E-state index >= 15 is 0 Å². The molecule has 116 valence electrons. The number of benzene rings is 1. The second-order valence-corrected chi connectivity index (χ2v) is 6.31. The molecule has 1 aromatic carbocycles. The summed E-state index contributed by atoms with van der Waals surface area (Å²) < 4.78 is 0. The maximum atomic E-state index is 6.03. The molecular weight excluding hydrogens is 272 g/mol. The molecule has 0 saturated heterocycles. The first-order valence-corrected chi connectivity index (χ1v) is 7.96. The van der Waals surface area contributed by atoms with Crippen LogP contribution in [0.4, 0.5) is 5.82 Å². The molecule has 1 aliphatic rings. The average Bonchev–Trinajstić information content (AvgIpc) is 2.53. The molecule has 0 atom stereocenters. The lowest BCUT2D eigenvalue weighted by Gasteiger charge is -2.34. The Morgan fingerprint density at radius 2 is 1.95 bits per heavy atom. The number of aromatic nitrogens is 2. The van der Waals surface area contributed by atoms with Gasteiger partial charge in [0.25, 0.3) is 0 Å². The van der Waals surface area contributed by atoms with Crippen LogP contribution in [0.2, 0.25) is 0 Å². The molecule has 1 saturated carbocycles. The molecule has 2 aromatic rings. The highest BCUT2D eigenvalue weighted by Crippen LogP contribution is 2.30. The zero-order valence-electron chi connectivity index (χ0n) is 13.4. The first kappa shape index (κ1) is 15.0. The van der Waals surface area contributed by atoms with E-state index in [0.29, 0.717) is 12.1 Å². The molecule has 4 nitrogen and oxygen atoms in total. The molecule has 0 spiro atoms. The van der Waals surface area contributed by atoms with Crippen molar-refractivity contribution in [3.63, 3.8) is 0 Å². The van der Waals surface area contributed by atoms with Gasteiger partial charge in [0.15, 0.2) is 0 Å². The lowest BCUT2D eigenvalue weighted by atomic mass is 9.91. The molecule has 3 rings (SSSR count). The number of nitrogens with zero attached hydrogens (tertiary/aromatic N) is 3. The molecule has 22 heavy (non-hydrogen) atoms. The summed E-state index contributed by atoms with van der Waals surface area (Å²) in [5.41, 5.74) is 9.35. The van der Waals surface area contributed by atoms with Crippen LogP contribution in [0.15, 0.2) is 25.0 Å². The number of fused-ring (bicyclic) bond motifs is 1. The van der Waals surface area contributed by atoms with Crippen molar-refractivity contribution in [3.8, 4) is 0 Å². The smallest absolute Gasteiger partial charge is 0.139 e. The van der Waals surface area contributed by atoms with Crippen LogP contribution in [0.1, 0.15) is 36.8 Å².